The molecule has 1 saturated heterocycles. The fraction of sp³-hybridized carbons (Fsp3) is 0.118. The number of benzene rings is 2. The van der Waals surface area contributed by atoms with Crippen LogP contribution in [0.2, 0.25) is 0 Å². The zero-order valence-electron chi connectivity index (χ0n) is 12.5. The molecule has 0 aliphatic carbocycles. The van der Waals surface area contributed by atoms with Gasteiger partial charge in [0, 0.05) is 11.1 Å². The zero-order chi connectivity index (χ0) is 16.9. The third-order valence-electron chi connectivity index (χ3n) is 3.30. The van der Waals surface area contributed by atoms with Crippen LogP contribution in [0.1, 0.15) is 11.1 Å². The van der Waals surface area contributed by atoms with Crippen LogP contribution in [0.5, 0.6) is 5.75 Å². The molecule has 3 rings (SSSR count). The maximum atomic E-state index is 13.7. The van der Waals surface area contributed by atoms with Gasteiger partial charge in [0.25, 0.3) is 5.91 Å². The molecule has 0 N–H and O–H groups in total. The normalized spacial score (nSPS) is 14.6. The highest BCUT2D eigenvalue weighted by Gasteiger charge is 2.26. The smallest absolute Gasteiger partial charge is 0.259 e. The maximum Gasteiger partial charge on any atom is 0.259 e. The summed E-state index contributed by atoms with van der Waals surface area (Å²) in [5.41, 5.74) is 1.15. The number of carbonyl (C=O) groups excluding carboxylic acids is 1. The number of hydrazone groups is 1. The average molecular weight is 360 g/mol. The Hall–Kier alpha value is -2.25. The Balaban J connectivity index is 1.75. The van der Waals surface area contributed by atoms with Crippen LogP contribution in [-0.2, 0) is 11.4 Å². The van der Waals surface area contributed by atoms with Gasteiger partial charge in [0.1, 0.15) is 18.2 Å². The molecule has 4 nitrogen and oxygen atoms in total. The molecule has 7 heteroatoms. The third kappa shape index (κ3) is 3.80. The number of thioether (sulfide) groups is 1. The Labute approximate surface area is 148 Å². The van der Waals surface area contributed by atoms with Gasteiger partial charge in [0.2, 0.25) is 0 Å². The van der Waals surface area contributed by atoms with Crippen LogP contribution in [0.4, 0.5) is 4.39 Å². The highest BCUT2D eigenvalue weighted by atomic mass is 32.2. The van der Waals surface area contributed by atoms with Crippen LogP contribution in [0.25, 0.3) is 0 Å². The van der Waals surface area contributed by atoms with Crippen LogP contribution in [0.15, 0.2) is 53.6 Å². The van der Waals surface area contributed by atoms with Crippen LogP contribution < -0.4 is 4.74 Å². The van der Waals surface area contributed by atoms with E-state index in [1.807, 2.05) is 12.1 Å². The molecule has 24 heavy (non-hydrogen) atoms. The molecule has 1 aliphatic rings. The summed E-state index contributed by atoms with van der Waals surface area (Å²) in [4.78, 5) is 11.7. The quantitative estimate of drug-likeness (QED) is 0.604. The molecule has 0 bridgehead atoms. The zero-order valence-corrected chi connectivity index (χ0v) is 14.1. The molecule has 0 saturated carbocycles. The van der Waals surface area contributed by atoms with E-state index >= 15 is 0 Å². The number of ether oxygens (including phenoxy) is 1. The van der Waals surface area contributed by atoms with E-state index in [1.165, 1.54) is 29.1 Å². The van der Waals surface area contributed by atoms with Crippen molar-refractivity contribution in [3.63, 3.8) is 0 Å². The molecule has 2 aromatic carbocycles. The Bertz CT molecular complexity index is 795. The number of amides is 1. The van der Waals surface area contributed by atoms with E-state index in [0.29, 0.717) is 26.9 Å². The second-order valence-corrected chi connectivity index (χ2v) is 6.53. The van der Waals surface area contributed by atoms with Gasteiger partial charge in [-0.3, -0.25) is 4.79 Å². The fourth-order valence-electron chi connectivity index (χ4n) is 2.07. The molecular formula is C17H13FN2O2S2. The number of hydrogen-bond acceptors (Lipinski definition) is 5. The number of halogens is 1. The van der Waals surface area contributed by atoms with Gasteiger partial charge in [-0.1, -0.05) is 54.3 Å². The minimum absolute atomic E-state index is 0.106. The van der Waals surface area contributed by atoms with E-state index in [-0.39, 0.29) is 18.3 Å². The van der Waals surface area contributed by atoms with Crippen molar-refractivity contribution < 1.29 is 13.9 Å². The van der Waals surface area contributed by atoms with Gasteiger partial charge in [-0.2, -0.15) is 10.1 Å². The standard InChI is InChI=1S/C17H13FN2O2S2/c18-14-7-3-1-6-13(14)10-22-15-8-4-2-5-12(15)9-19-20-16(21)11-24-17(20)23/h1-9H,10-11H2/b19-9+. The Morgan fingerprint density at radius 3 is 2.75 bits per heavy atom. The lowest BCUT2D eigenvalue weighted by atomic mass is 10.2. The first-order valence-corrected chi connectivity index (χ1v) is 8.53. The van der Waals surface area contributed by atoms with Gasteiger partial charge in [-0.15, -0.1) is 0 Å². The second kappa shape index (κ2) is 7.55. The van der Waals surface area contributed by atoms with Crippen molar-refractivity contribution in [2.45, 2.75) is 6.61 Å². The van der Waals surface area contributed by atoms with Gasteiger partial charge < -0.3 is 4.74 Å². The van der Waals surface area contributed by atoms with Crippen LogP contribution in [0, 0.1) is 5.82 Å². The molecule has 1 aliphatic heterocycles. The van der Waals surface area contributed by atoms with Crippen molar-refractivity contribution in [3.05, 3.63) is 65.5 Å². The van der Waals surface area contributed by atoms with E-state index in [1.54, 1.807) is 30.3 Å². The highest BCUT2D eigenvalue weighted by Crippen LogP contribution is 2.21. The van der Waals surface area contributed by atoms with Crippen molar-refractivity contribution in [1.82, 2.24) is 5.01 Å². The molecule has 122 valence electrons. The lowest BCUT2D eigenvalue weighted by molar-refractivity contribution is -0.123. The molecular weight excluding hydrogens is 347 g/mol. The lowest BCUT2D eigenvalue weighted by Crippen LogP contribution is -2.22. The number of nitrogens with zero attached hydrogens (tertiary/aromatic N) is 2. The predicted molar refractivity (Wildman–Crippen MR) is 96.7 cm³/mol. The van der Waals surface area contributed by atoms with E-state index in [2.05, 4.69) is 5.10 Å². The molecule has 1 heterocycles. The molecule has 1 amide bonds. The molecule has 0 atom stereocenters. The largest absolute Gasteiger partial charge is 0.488 e. The minimum Gasteiger partial charge on any atom is -0.488 e. The van der Waals surface area contributed by atoms with Gasteiger partial charge in [-0.25, -0.2) is 4.39 Å². The summed E-state index contributed by atoms with van der Waals surface area (Å²) in [6, 6.07) is 13.7. The van der Waals surface area contributed by atoms with Crippen molar-refractivity contribution in [3.8, 4) is 5.75 Å². The maximum absolute atomic E-state index is 13.7. The predicted octanol–water partition coefficient (Wildman–Crippen LogP) is 3.60. The lowest BCUT2D eigenvalue weighted by Gasteiger charge is -2.11. The average Bonchev–Trinajstić information content (AvgIpc) is 2.91. The number of hydrogen-bond donors (Lipinski definition) is 0. The summed E-state index contributed by atoms with van der Waals surface area (Å²) in [5.74, 6) is 0.399. The molecule has 2 aromatic rings. The van der Waals surface area contributed by atoms with Crippen molar-refractivity contribution in [2.24, 2.45) is 5.10 Å². The number of rotatable bonds is 5. The summed E-state index contributed by atoms with van der Waals surface area (Å²) in [6.45, 7) is 0.106. The first kappa shape index (κ1) is 16.6. The monoisotopic (exact) mass is 360 g/mol. The molecule has 0 spiro atoms. The second-order valence-electron chi connectivity index (χ2n) is 4.92. The summed E-state index contributed by atoms with van der Waals surface area (Å²) >= 11 is 6.36. The summed E-state index contributed by atoms with van der Waals surface area (Å²) in [7, 11) is 0. The Morgan fingerprint density at radius 2 is 2.00 bits per heavy atom. The van der Waals surface area contributed by atoms with Gasteiger partial charge >= 0.3 is 0 Å². The van der Waals surface area contributed by atoms with E-state index in [0.717, 1.165) is 0 Å². The first-order valence-electron chi connectivity index (χ1n) is 7.14. The van der Waals surface area contributed by atoms with Crippen LogP contribution in [-0.4, -0.2) is 27.2 Å². The van der Waals surface area contributed by atoms with Gasteiger partial charge in [0.15, 0.2) is 4.32 Å². The van der Waals surface area contributed by atoms with Crippen molar-refractivity contribution in [1.29, 1.82) is 0 Å². The summed E-state index contributed by atoms with van der Waals surface area (Å²) in [6.07, 6.45) is 1.52. The molecule has 0 aromatic heterocycles. The Morgan fingerprint density at radius 1 is 1.25 bits per heavy atom. The summed E-state index contributed by atoms with van der Waals surface area (Å²) < 4.78 is 19.8. The highest BCUT2D eigenvalue weighted by molar-refractivity contribution is 8.23. The van der Waals surface area contributed by atoms with Crippen LogP contribution in [0.3, 0.4) is 0 Å². The van der Waals surface area contributed by atoms with E-state index in [9.17, 15) is 9.18 Å². The topological polar surface area (TPSA) is 41.9 Å². The summed E-state index contributed by atoms with van der Waals surface area (Å²) in [5, 5.41) is 5.33. The van der Waals surface area contributed by atoms with E-state index in [4.69, 9.17) is 17.0 Å². The number of para-hydroxylation sites is 1. The van der Waals surface area contributed by atoms with Gasteiger partial charge in [-0.05, 0) is 18.2 Å². The fourth-order valence-corrected chi connectivity index (χ4v) is 3.03. The molecule has 0 radical (unpaired) electrons. The molecule has 1 fully saturated rings. The van der Waals surface area contributed by atoms with Crippen molar-refractivity contribution in [2.75, 3.05) is 5.75 Å². The number of thiocarbonyl (C=S) groups is 1. The third-order valence-corrected chi connectivity index (χ3v) is 4.64. The Kier molecular flexibility index (Phi) is 5.22. The van der Waals surface area contributed by atoms with E-state index < -0.39 is 0 Å². The minimum atomic E-state index is -0.311. The van der Waals surface area contributed by atoms with Gasteiger partial charge in [0.05, 0.1) is 12.0 Å². The SMILES string of the molecule is O=C1CSC(=S)N1/N=C/c1ccccc1OCc1ccccc1F. The van der Waals surface area contributed by atoms with Crippen molar-refractivity contribution >= 4 is 40.4 Å². The number of carbonyl (C=O) groups is 1. The first-order chi connectivity index (χ1) is 11.6. The van der Waals surface area contributed by atoms with Crippen LogP contribution >= 0.6 is 24.0 Å². The molecule has 0 unspecified atom stereocenters.